The number of allylic oxidation sites excluding steroid dienone is 1. The van der Waals surface area contributed by atoms with Gasteiger partial charge in [0.15, 0.2) is 11.5 Å². The highest BCUT2D eigenvalue weighted by atomic mass is 35.5. The van der Waals surface area contributed by atoms with Crippen molar-refractivity contribution in [3.8, 4) is 17.6 Å². The quantitative estimate of drug-likeness (QED) is 0.288. The van der Waals surface area contributed by atoms with E-state index in [-0.39, 0.29) is 6.61 Å². The zero-order chi connectivity index (χ0) is 21.5. The average molecular weight is 442 g/mol. The Kier molecular flexibility index (Phi) is 7.35. The molecular formula is C24H18Cl2FNO2. The van der Waals surface area contributed by atoms with E-state index in [4.69, 9.17) is 32.7 Å². The Balaban J connectivity index is 1.94. The van der Waals surface area contributed by atoms with Crippen molar-refractivity contribution in [3.63, 3.8) is 0 Å². The fourth-order valence-electron chi connectivity index (χ4n) is 2.84. The van der Waals surface area contributed by atoms with E-state index in [0.717, 1.165) is 5.56 Å². The Morgan fingerprint density at radius 2 is 1.83 bits per heavy atom. The molecule has 3 rings (SSSR count). The lowest BCUT2D eigenvalue weighted by molar-refractivity contribution is 0.269. The normalized spacial score (nSPS) is 11.1. The summed E-state index contributed by atoms with van der Waals surface area (Å²) in [5.41, 5.74) is 2.23. The molecule has 0 spiro atoms. The van der Waals surface area contributed by atoms with Crippen LogP contribution in [-0.2, 0) is 6.61 Å². The molecule has 0 aliphatic heterocycles. The largest absolute Gasteiger partial charge is 0.490 e. The molecule has 0 heterocycles. The molecule has 0 aromatic heterocycles. The maximum Gasteiger partial charge on any atom is 0.180 e. The van der Waals surface area contributed by atoms with E-state index in [1.54, 1.807) is 36.4 Å². The standard InChI is InChI=1S/C24H18Cl2FNO2/c1-2-29-23-12-16(10-19(14-28)17-7-5-8-20(27)13-17)11-22(26)24(23)30-15-18-6-3-4-9-21(18)25/h3-13H,2,15H2,1H3/b19-10-. The summed E-state index contributed by atoms with van der Waals surface area (Å²) in [4.78, 5) is 0. The van der Waals surface area contributed by atoms with Gasteiger partial charge >= 0.3 is 0 Å². The van der Waals surface area contributed by atoms with Crippen molar-refractivity contribution in [2.75, 3.05) is 6.61 Å². The van der Waals surface area contributed by atoms with E-state index < -0.39 is 5.82 Å². The van der Waals surface area contributed by atoms with E-state index in [0.29, 0.717) is 44.9 Å². The first kappa shape index (κ1) is 21.7. The maximum atomic E-state index is 13.5. The van der Waals surface area contributed by atoms with Crippen LogP contribution in [0.1, 0.15) is 23.6 Å². The van der Waals surface area contributed by atoms with Gasteiger partial charge in [0.1, 0.15) is 12.4 Å². The minimum absolute atomic E-state index is 0.224. The minimum Gasteiger partial charge on any atom is -0.490 e. The van der Waals surface area contributed by atoms with E-state index in [1.165, 1.54) is 12.1 Å². The molecule has 6 heteroatoms. The van der Waals surface area contributed by atoms with E-state index in [9.17, 15) is 9.65 Å². The summed E-state index contributed by atoms with van der Waals surface area (Å²) >= 11 is 12.7. The van der Waals surface area contributed by atoms with Crippen LogP contribution in [-0.4, -0.2) is 6.61 Å². The van der Waals surface area contributed by atoms with Crippen LogP contribution < -0.4 is 9.47 Å². The number of rotatable bonds is 7. The number of benzene rings is 3. The second-order valence-electron chi connectivity index (χ2n) is 6.32. The second-order valence-corrected chi connectivity index (χ2v) is 7.14. The monoisotopic (exact) mass is 441 g/mol. The van der Waals surface area contributed by atoms with Crippen molar-refractivity contribution in [2.45, 2.75) is 13.5 Å². The number of hydrogen-bond acceptors (Lipinski definition) is 3. The van der Waals surface area contributed by atoms with Gasteiger partial charge in [0.25, 0.3) is 0 Å². The maximum absolute atomic E-state index is 13.5. The van der Waals surface area contributed by atoms with Crippen LogP contribution >= 0.6 is 23.2 Å². The Morgan fingerprint density at radius 1 is 1.03 bits per heavy atom. The lowest BCUT2D eigenvalue weighted by Gasteiger charge is -2.15. The number of hydrogen-bond donors (Lipinski definition) is 0. The molecule has 3 aromatic carbocycles. The summed E-state index contributed by atoms with van der Waals surface area (Å²) in [5, 5.41) is 10.4. The summed E-state index contributed by atoms with van der Waals surface area (Å²) in [6, 6.07) is 18.7. The Bertz CT molecular complexity index is 1120. The molecule has 3 nitrogen and oxygen atoms in total. The van der Waals surface area contributed by atoms with Gasteiger partial charge in [-0.25, -0.2) is 4.39 Å². The van der Waals surface area contributed by atoms with Crippen molar-refractivity contribution < 1.29 is 13.9 Å². The Morgan fingerprint density at radius 3 is 2.53 bits per heavy atom. The third-order valence-electron chi connectivity index (χ3n) is 4.23. The third-order valence-corrected chi connectivity index (χ3v) is 4.88. The number of ether oxygens (including phenoxy) is 2. The topological polar surface area (TPSA) is 42.2 Å². The van der Waals surface area contributed by atoms with Crippen molar-refractivity contribution >= 4 is 34.9 Å². The molecule has 0 saturated carbocycles. The Labute approximate surface area is 184 Å². The molecule has 30 heavy (non-hydrogen) atoms. The predicted octanol–water partition coefficient (Wildman–Crippen LogP) is 7.17. The molecule has 0 bridgehead atoms. The van der Waals surface area contributed by atoms with Crippen LogP contribution in [0.4, 0.5) is 4.39 Å². The zero-order valence-electron chi connectivity index (χ0n) is 16.2. The summed E-state index contributed by atoms with van der Waals surface area (Å²) in [5.74, 6) is 0.421. The minimum atomic E-state index is -0.412. The highest BCUT2D eigenvalue weighted by Gasteiger charge is 2.14. The van der Waals surface area contributed by atoms with Gasteiger partial charge < -0.3 is 9.47 Å². The van der Waals surface area contributed by atoms with Crippen molar-refractivity contribution in [3.05, 3.63) is 93.2 Å². The summed E-state index contributed by atoms with van der Waals surface area (Å²) in [6.45, 7) is 2.48. The summed E-state index contributed by atoms with van der Waals surface area (Å²) in [7, 11) is 0. The molecule has 3 aromatic rings. The van der Waals surface area contributed by atoms with Crippen LogP contribution in [0, 0.1) is 17.1 Å². The predicted molar refractivity (Wildman–Crippen MR) is 118 cm³/mol. The van der Waals surface area contributed by atoms with Gasteiger partial charge in [0, 0.05) is 10.6 Å². The second kappa shape index (κ2) is 10.2. The highest BCUT2D eigenvalue weighted by Crippen LogP contribution is 2.38. The first-order chi connectivity index (χ1) is 14.5. The first-order valence-corrected chi connectivity index (χ1v) is 9.97. The molecule has 0 unspecified atom stereocenters. The molecule has 0 amide bonds. The fourth-order valence-corrected chi connectivity index (χ4v) is 3.31. The molecule has 0 N–H and O–H groups in total. The third kappa shape index (κ3) is 5.33. The molecule has 0 aliphatic rings. The van der Waals surface area contributed by atoms with E-state index in [2.05, 4.69) is 6.07 Å². The fraction of sp³-hybridized carbons (Fsp3) is 0.125. The number of nitrogens with zero attached hydrogens (tertiary/aromatic N) is 1. The van der Waals surface area contributed by atoms with Gasteiger partial charge in [-0.15, -0.1) is 0 Å². The molecule has 152 valence electrons. The van der Waals surface area contributed by atoms with Gasteiger partial charge in [-0.05, 0) is 54.5 Å². The lowest BCUT2D eigenvalue weighted by Crippen LogP contribution is -2.01. The molecule has 0 fully saturated rings. The zero-order valence-corrected chi connectivity index (χ0v) is 17.7. The van der Waals surface area contributed by atoms with E-state index in [1.807, 2.05) is 25.1 Å². The van der Waals surface area contributed by atoms with Gasteiger partial charge in [-0.2, -0.15) is 5.26 Å². The van der Waals surface area contributed by atoms with Crippen LogP contribution in [0.3, 0.4) is 0 Å². The lowest BCUT2D eigenvalue weighted by atomic mass is 10.0. The summed E-state index contributed by atoms with van der Waals surface area (Å²) < 4.78 is 25.1. The van der Waals surface area contributed by atoms with Crippen molar-refractivity contribution in [1.29, 1.82) is 5.26 Å². The van der Waals surface area contributed by atoms with Crippen molar-refractivity contribution in [2.24, 2.45) is 0 Å². The van der Waals surface area contributed by atoms with Crippen LogP contribution in [0.25, 0.3) is 11.6 Å². The van der Waals surface area contributed by atoms with E-state index >= 15 is 0 Å². The molecule has 0 radical (unpaired) electrons. The van der Waals surface area contributed by atoms with Gasteiger partial charge in [0.2, 0.25) is 0 Å². The van der Waals surface area contributed by atoms with Crippen LogP contribution in [0.5, 0.6) is 11.5 Å². The number of nitriles is 1. The number of halogens is 3. The summed E-state index contributed by atoms with van der Waals surface area (Å²) in [6.07, 6.45) is 1.63. The van der Waals surface area contributed by atoms with Gasteiger partial charge in [-0.1, -0.05) is 53.5 Å². The molecule has 0 saturated heterocycles. The van der Waals surface area contributed by atoms with Gasteiger partial charge in [0.05, 0.1) is 23.3 Å². The van der Waals surface area contributed by atoms with Crippen LogP contribution in [0.15, 0.2) is 60.7 Å². The molecule has 0 aliphatic carbocycles. The Hall–Kier alpha value is -3.00. The van der Waals surface area contributed by atoms with Gasteiger partial charge in [-0.3, -0.25) is 0 Å². The molecule has 0 atom stereocenters. The smallest absolute Gasteiger partial charge is 0.180 e. The average Bonchev–Trinajstić information content (AvgIpc) is 2.73. The SMILES string of the molecule is CCOc1cc(/C=C(/C#N)c2cccc(F)c2)cc(Cl)c1OCc1ccccc1Cl. The van der Waals surface area contributed by atoms with Crippen LogP contribution in [0.2, 0.25) is 10.0 Å². The highest BCUT2D eigenvalue weighted by molar-refractivity contribution is 6.32. The molecular weight excluding hydrogens is 424 g/mol. The van der Waals surface area contributed by atoms with Crippen molar-refractivity contribution in [1.82, 2.24) is 0 Å². The first-order valence-electron chi connectivity index (χ1n) is 9.22.